The monoisotopic (exact) mass is 556 g/mol. The SMILES string of the molecule is CN(C[C@H]1CO[C@H](CCc2c(F)cncc2NC(=O)CC(c2ccc(F)cc2)c2ccc(F)cc2)CN1)C(=O)O. The highest BCUT2D eigenvalue weighted by Crippen LogP contribution is 2.30. The number of morpholine rings is 1. The van der Waals surface area contributed by atoms with Gasteiger partial charge in [0.25, 0.3) is 0 Å². The zero-order valence-corrected chi connectivity index (χ0v) is 21.9. The number of anilines is 1. The molecule has 1 fully saturated rings. The number of nitrogens with one attached hydrogen (secondary N) is 2. The van der Waals surface area contributed by atoms with Gasteiger partial charge in [0.2, 0.25) is 5.91 Å². The summed E-state index contributed by atoms with van der Waals surface area (Å²) in [5, 5.41) is 15.1. The quantitative estimate of drug-likeness (QED) is 0.338. The lowest BCUT2D eigenvalue weighted by Gasteiger charge is -2.32. The molecule has 2 atom stereocenters. The molecule has 4 rings (SSSR count). The number of halogens is 3. The summed E-state index contributed by atoms with van der Waals surface area (Å²) in [7, 11) is 1.49. The molecule has 0 aliphatic carbocycles. The molecule has 0 radical (unpaired) electrons. The fourth-order valence-electron chi connectivity index (χ4n) is 4.71. The molecule has 2 aromatic carbocycles. The Morgan fingerprint density at radius 3 is 2.25 bits per heavy atom. The molecule has 0 bridgehead atoms. The summed E-state index contributed by atoms with van der Waals surface area (Å²) in [6.07, 6.45) is 1.93. The van der Waals surface area contributed by atoms with Crippen LogP contribution in [0.2, 0.25) is 0 Å². The third-order valence-electron chi connectivity index (χ3n) is 6.92. The van der Waals surface area contributed by atoms with Crippen molar-refractivity contribution in [2.24, 2.45) is 0 Å². The van der Waals surface area contributed by atoms with Gasteiger partial charge in [-0.2, -0.15) is 0 Å². The molecule has 0 saturated carbocycles. The van der Waals surface area contributed by atoms with Crippen molar-refractivity contribution < 1.29 is 32.6 Å². The minimum atomic E-state index is -1.02. The summed E-state index contributed by atoms with van der Waals surface area (Å²) in [6, 6.07) is 11.4. The van der Waals surface area contributed by atoms with Gasteiger partial charge in [-0.1, -0.05) is 24.3 Å². The lowest BCUT2D eigenvalue weighted by molar-refractivity contribution is -0.116. The Morgan fingerprint density at radius 2 is 1.70 bits per heavy atom. The Bertz CT molecular complexity index is 1250. The Kier molecular flexibility index (Phi) is 9.73. The number of aromatic nitrogens is 1. The molecule has 3 aromatic rings. The largest absolute Gasteiger partial charge is 0.465 e. The third-order valence-corrected chi connectivity index (χ3v) is 6.92. The van der Waals surface area contributed by atoms with Crippen LogP contribution in [0.1, 0.15) is 35.4 Å². The van der Waals surface area contributed by atoms with E-state index in [1.54, 1.807) is 24.3 Å². The van der Waals surface area contributed by atoms with Gasteiger partial charge in [-0.15, -0.1) is 0 Å². The van der Waals surface area contributed by atoms with Crippen LogP contribution in [0.5, 0.6) is 0 Å². The van der Waals surface area contributed by atoms with Crippen molar-refractivity contribution in [1.82, 2.24) is 15.2 Å². The van der Waals surface area contributed by atoms with E-state index in [1.807, 2.05) is 0 Å². The van der Waals surface area contributed by atoms with Crippen molar-refractivity contribution in [3.05, 3.63) is 95.1 Å². The molecular formula is C29H31F3N4O4. The maximum absolute atomic E-state index is 14.8. The second kappa shape index (κ2) is 13.4. The van der Waals surface area contributed by atoms with Crippen molar-refractivity contribution in [1.29, 1.82) is 0 Å². The summed E-state index contributed by atoms with van der Waals surface area (Å²) in [6.45, 7) is 1.08. The number of ether oxygens (including phenoxy) is 1. The number of nitrogens with zero attached hydrogens (tertiary/aromatic N) is 2. The van der Waals surface area contributed by atoms with Crippen molar-refractivity contribution in [2.45, 2.75) is 37.3 Å². The van der Waals surface area contributed by atoms with E-state index >= 15 is 0 Å². The molecule has 40 heavy (non-hydrogen) atoms. The topological polar surface area (TPSA) is 104 Å². The molecule has 1 aliphatic heterocycles. The normalized spacial score (nSPS) is 17.0. The molecule has 0 unspecified atom stereocenters. The van der Waals surface area contributed by atoms with Gasteiger partial charge >= 0.3 is 6.09 Å². The van der Waals surface area contributed by atoms with E-state index in [0.29, 0.717) is 36.3 Å². The number of pyridine rings is 1. The van der Waals surface area contributed by atoms with Crippen LogP contribution in [0.15, 0.2) is 60.9 Å². The molecule has 1 saturated heterocycles. The number of likely N-dealkylation sites (N-methyl/N-ethyl adjacent to an activating group) is 1. The van der Waals surface area contributed by atoms with Crippen LogP contribution in [0.25, 0.3) is 0 Å². The van der Waals surface area contributed by atoms with Gasteiger partial charge in [0.05, 0.1) is 30.8 Å². The van der Waals surface area contributed by atoms with Gasteiger partial charge < -0.3 is 25.4 Å². The van der Waals surface area contributed by atoms with E-state index in [4.69, 9.17) is 9.84 Å². The molecule has 1 aromatic heterocycles. The maximum atomic E-state index is 14.8. The lowest BCUT2D eigenvalue weighted by atomic mass is 9.88. The van der Waals surface area contributed by atoms with E-state index in [9.17, 15) is 22.8 Å². The Morgan fingerprint density at radius 1 is 1.07 bits per heavy atom. The molecule has 8 nitrogen and oxygen atoms in total. The van der Waals surface area contributed by atoms with Crippen LogP contribution in [0.4, 0.5) is 23.7 Å². The number of amides is 2. The van der Waals surface area contributed by atoms with Gasteiger partial charge in [0, 0.05) is 44.1 Å². The van der Waals surface area contributed by atoms with Crippen LogP contribution in [0.3, 0.4) is 0 Å². The van der Waals surface area contributed by atoms with Gasteiger partial charge in [0.15, 0.2) is 0 Å². The van der Waals surface area contributed by atoms with E-state index in [-0.39, 0.29) is 37.2 Å². The molecule has 11 heteroatoms. The van der Waals surface area contributed by atoms with E-state index in [0.717, 1.165) is 6.20 Å². The van der Waals surface area contributed by atoms with Gasteiger partial charge in [-0.3, -0.25) is 9.78 Å². The molecule has 2 heterocycles. The Hall–Kier alpha value is -3.96. The second-order valence-corrected chi connectivity index (χ2v) is 9.82. The van der Waals surface area contributed by atoms with Crippen LogP contribution in [0, 0.1) is 17.5 Å². The molecule has 2 amide bonds. The second-order valence-electron chi connectivity index (χ2n) is 9.82. The first-order valence-electron chi connectivity index (χ1n) is 12.9. The zero-order valence-electron chi connectivity index (χ0n) is 21.9. The van der Waals surface area contributed by atoms with Crippen LogP contribution < -0.4 is 10.6 Å². The summed E-state index contributed by atoms with van der Waals surface area (Å²) in [4.78, 5) is 29.2. The number of rotatable bonds is 10. The van der Waals surface area contributed by atoms with Gasteiger partial charge in [-0.25, -0.2) is 18.0 Å². The highest BCUT2D eigenvalue weighted by molar-refractivity contribution is 5.92. The molecule has 212 valence electrons. The first-order chi connectivity index (χ1) is 19.2. The average molecular weight is 557 g/mol. The molecule has 1 aliphatic rings. The lowest BCUT2D eigenvalue weighted by Crippen LogP contribution is -2.51. The minimum Gasteiger partial charge on any atom is -0.465 e. The number of carboxylic acid groups (broad SMARTS) is 1. The highest BCUT2D eigenvalue weighted by Gasteiger charge is 2.25. The Balaban J connectivity index is 1.40. The van der Waals surface area contributed by atoms with Crippen molar-refractivity contribution in [3.63, 3.8) is 0 Å². The third kappa shape index (κ3) is 7.80. The van der Waals surface area contributed by atoms with Crippen molar-refractivity contribution >= 4 is 17.7 Å². The summed E-state index contributed by atoms with van der Waals surface area (Å²) >= 11 is 0. The fraction of sp³-hybridized carbons (Fsp3) is 0.345. The average Bonchev–Trinajstić information content (AvgIpc) is 2.93. The summed E-state index contributed by atoms with van der Waals surface area (Å²) < 4.78 is 47.7. The maximum Gasteiger partial charge on any atom is 0.407 e. The molecular weight excluding hydrogens is 525 g/mol. The number of benzene rings is 2. The van der Waals surface area contributed by atoms with Crippen molar-refractivity contribution in [2.75, 3.05) is 32.1 Å². The van der Waals surface area contributed by atoms with Crippen LogP contribution in [-0.2, 0) is 16.0 Å². The first-order valence-corrected chi connectivity index (χ1v) is 12.9. The standard InChI is InChI=1S/C29H31F3N4O4/c1-36(29(38)39)16-22-17-40-23(13-34-22)10-11-24-26(32)14-33-15-27(24)35-28(37)12-25(18-2-6-20(30)7-3-18)19-4-8-21(31)9-5-19/h2-9,14-15,22-23,25,34H,10-13,16-17H2,1H3,(H,35,37)(H,38,39)/t22-,23+/m0/s1. The van der Waals surface area contributed by atoms with Gasteiger partial charge in [-0.05, 0) is 48.2 Å². The number of carbonyl (C=O) groups is 2. The number of carbonyl (C=O) groups excluding carboxylic acids is 1. The number of hydrogen-bond donors (Lipinski definition) is 3. The fourth-order valence-corrected chi connectivity index (χ4v) is 4.71. The zero-order chi connectivity index (χ0) is 28.6. The predicted molar refractivity (Wildman–Crippen MR) is 143 cm³/mol. The predicted octanol–water partition coefficient (Wildman–Crippen LogP) is 4.56. The highest BCUT2D eigenvalue weighted by atomic mass is 19.1. The summed E-state index contributed by atoms with van der Waals surface area (Å²) in [5.41, 5.74) is 1.89. The molecule has 3 N–H and O–H groups in total. The first kappa shape index (κ1) is 29.0. The minimum absolute atomic E-state index is 0.0466. The molecule has 0 spiro atoms. The van der Waals surface area contributed by atoms with Crippen molar-refractivity contribution in [3.8, 4) is 0 Å². The smallest absolute Gasteiger partial charge is 0.407 e. The Labute approximate surface area is 230 Å². The number of hydrogen-bond acceptors (Lipinski definition) is 5. The van der Waals surface area contributed by atoms with E-state index in [2.05, 4.69) is 15.6 Å². The summed E-state index contributed by atoms with van der Waals surface area (Å²) in [5.74, 6) is -2.28. The van der Waals surface area contributed by atoms with E-state index < -0.39 is 35.4 Å². The van der Waals surface area contributed by atoms with Crippen LogP contribution in [-0.4, -0.2) is 65.9 Å². The van der Waals surface area contributed by atoms with Gasteiger partial charge in [0.1, 0.15) is 17.5 Å². The van der Waals surface area contributed by atoms with Crippen LogP contribution >= 0.6 is 0 Å². The van der Waals surface area contributed by atoms with E-state index in [1.165, 1.54) is 42.4 Å².